The first kappa shape index (κ1) is 27.8. The highest BCUT2D eigenvalue weighted by atomic mass is 127. The molecule has 2 rings (SSSR count). The number of benzene rings is 1. The number of rotatable bonds is 11. The lowest BCUT2D eigenvalue weighted by molar-refractivity contribution is -0.173. The monoisotopic (exact) mass is 558 g/mol. The van der Waals surface area contributed by atoms with Crippen molar-refractivity contribution >= 4 is 29.9 Å². The summed E-state index contributed by atoms with van der Waals surface area (Å²) in [5, 5.41) is 6.37. The zero-order valence-electron chi connectivity index (χ0n) is 18.2. The molecule has 1 fully saturated rings. The number of ether oxygens (including phenoxy) is 2. The number of hydrogen-bond donors (Lipinski definition) is 2. The van der Waals surface area contributed by atoms with Crippen LogP contribution in [0.25, 0.3) is 0 Å². The van der Waals surface area contributed by atoms with Gasteiger partial charge in [-0.1, -0.05) is 12.1 Å². The van der Waals surface area contributed by atoms with Crippen molar-refractivity contribution in [1.82, 2.24) is 15.5 Å². The van der Waals surface area contributed by atoms with E-state index in [0.717, 1.165) is 18.8 Å². The molecular formula is C21H34F3IN4O2. The molecule has 1 aliphatic rings. The van der Waals surface area contributed by atoms with Crippen LogP contribution in [0.2, 0.25) is 0 Å². The highest BCUT2D eigenvalue weighted by molar-refractivity contribution is 14.0. The van der Waals surface area contributed by atoms with Gasteiger partial charge in [0.05, 0.1) is 19.7 Å². The Balaban J connectivity index is 0.00000480. The van der Waals surface area contributed by atoms with E-state index in [4.69, 9.17) is 9.73 Å². The fraction of sp³-hybridized carbons (Fsp3) is 0.667. The van der Waals surface area contributed by atoms with Crippen molar-refractivity contribution in [1.29, 1.82) is 0 Å². The Bertz CT molecular complexity index is 639. The largest absolute Gasteiger partial charge is 0.497 e. The molecule has 1 aliphatic heterocycles. The molecule has 10 heteroatoms. The second-order valence-corrected chi connectivity index (χ2v) is 7.20. The normalized spacial score (nSPS) is 16.0. The average molecular weight is 558 g/mol. The summed E-state index contributed by atoms with van der Waals surface area (Å²) in [4.78, 5) is 7.18. The molecule has 1 unspecified atom stereocenters. The number of hydrogen-bond acceptors (Lipinski definition) is 4. The molecule has 31 heavy (non-hydrogen) atoms. The summed E-state index contributed by atoms with van der Waals surface area (Å²) in [6, 6.07) is 8.26. The van der Waals surface area contributed by atoms with Crippen LogP contribution < -0.4 is 15.4 Å². The molecule has 0 saturated carbocycles. The maximum Gasteiger partial charge on any atom is 0.411 e. The number of aliphatic imine (C=N–C) groups is 1. The van der Waals surface area contributed by atoms with E-state index in [9.17, 15) is 13.2 Å². The first-order valence-electron chi connectivity index (χ1n) is 10.5. The molecule has 0 amide bonds. The summed E-state index contributed by atoms with van der Waals surface area (Å²) in [5.41, 5.74) is 1.19. The van der Waals surface area contributed by atoms with E-state index in [1.165, 1.54) is 18.4 Å². The Kier molecular flexibility index (Phi) is 13.2. The van der Waals surface area contributed by atoms with Crippen molar-refractivity contribution in [2.75, 3.05) is 53.0 Å². The van der Waals surface area contributed by atoms with Gasteiger partial charge in [0.1, 0.15) is 12.4 Å². The molecule has 178 valence electrons. The predicted octanol–water partition coefficient (Wildman–Crippen LogP) is 3.97. The molecular weight excluding hydrogens is 524 g/mol. The number of halogens is 4. The molecule has 1 aromatic rings. The lowest BCUT2D eigenvalue weighted by atomic mass is 10.1. The van der Waals surface area contributed by atoms with Crippen molar-refractivity contribution in [2.24, 2.45) is 4.99 Å². The number of methoxy groups -OCH3 is 1. The summed E-state index contributed by atoms with van der Waals surface area (Å²) < 4.78 is 46.2. The van der Waals surface area contributed by atoms with Crippen LogP contribution in [0.5, 0.6) is 5.75 Å². The molecule has 6 nitrogen and oxygen atoms in total. The number of likely N-dealkylation sites (tertiary alicyclic amines) is 1. The van der Waals surface area contributed by atoms with Gasteiger partial charge in [-0.25, -0.2) is 0 Å². The summed E-state index contributed by atoms with van der Waals surface area (Å²) in [5.74, 6) is 1.48. The number of alkyl halides is 3. The van der Waals surface area contributed by atoms with Crippen molar-refractivity contribution in [2.45, 2.75) is 38.4 Å². The standard InChI is InChI=1S/C21H33F3N4O2.HI/c1-3-25-20(26-11-6-14-30-16-21(22,23)24)27-15-19(28-12-4-5-13-28)17-7-9-18(29-2)10-8-17;/h7-10,19H,3-6,11-16H2,1-2H3,(H2,25,26,27);1H. The van der Waals surface area contributed by atoms with E-state index >= 15 is 0 Å². The Labute approximate surface area is 200 Å². The molecule has 0 aliphatic carbocycles. The Hall–Kier alpha value is -1.27. The van der Waals surface area contributed by atoms with E-state index in [0.29, 0.717) is 32.0 Å². The Morgan fingerprint density at radius 2 is 1.84 bits per heavy atom. The first-order chi connectivity index (χ1) is 14.4. The number of guanidine groups is 1. The summed E-state index contributed by atoms with van der Waals surface area (Å²) >= 11 is 0. The lowest BCUT2D eigenvalue weighted by Gasteiger charge is -2.27. The second-order valence-electron chi connectivity index (χ2n) is 7.20. The minimum Gasteiger partial charge on any atom is -0.497 e. The molecule has 0 spiro atoms. The van der Waals surface area contributed by atoms with Crippen LogP contribution >= 0.6 is 24.0 Å². The molecule has 0 radical (unpaired) electrons. The fourth-order valence-electron chi connectivity index (χ4n) is 3.40. The molecule has 1 saturated heterocycles. The third-order valence-corrected chi connectivity index (χ3v) is 4.87. The van der Waals surface area contributed by atoms with Gasteiger partial charge >= 0.3 is 6.18 Å². The van der Waals surface area contributed by atoms with Crippen molar-refractivity contribution in [3.63, 3.8) is 0 Å². The zero-order chi connectivity index (χ0) is 21.8. The van der Waals surface area contributed by atoms with Crippen LogP contribution in [0.15, 0.2) is 29.3 Å². The number of nitrogens with one attached hydrogen (secondary N) is 2. The molecule has 0 aromatic heterocycles. The van der Waals surface area contributed by atoms with E-state index in [1.807, 2.05) is 19.1 Å². The van der Waals surface area contributed by atoms with Gasteiger partial charge in [-0.05, 0) is 57.0 Å². The molecule has 0 bridgehead atoms. The van der Waals surface area contributed by atoms with Crippen LogP contribution in [0.3, 0.4) is 0 Å². The van der Waals surface area contributed by atoms with Crippen LogP contribution in [0.1, 0.15) is 37.8 Å². The van der Waals surface area contributed by atoms with Crippen LogP contribution in [0.4, 0.5) is 13.2 Å². The highest BCUT2D eigenvalue weighted by Crippen LogP contribution is 2.27. The lowest BCUT2D eigenvalue weighted by Crippen LogP contribution is -2.39. The SMILES string of the molecule is CCNC(=NCC(c1ccc(OC)cc1)N1CCCC1)NCCCOCC(F)(F)F.I. The minimum absolute atomic E-state index is 0. The van der Waals surface area contributed by atoms with Gasteiger partial charge in [0.25, 0.3) is 0 Å². The zero-order valence-corrected chi connectivity index (χ0v) is 20.5. The number of nitrogens with zero attached hydrogens (tertiary/aromatic N) is 2. The van der Waals surface area contributed by atoms with Crippen molar-refractivity contribution in [3.05, 3.63) is 29.8 Å². The molecule has 1 aromatic carbocycles. The van der Waals surface area contributed by atoms with E-state index < -0.39 is 12.8 Å². The van der Waals surface area contributed by atoms with Gasteiger partial charge in [0.15, 0.2) is 5.96 Å². The Morgan fingerprint density at radius 1 is 1.16 bits per heavy atom. The summed E-state index contributed by atoms with van der Waals surface area (Å²) in [6.45, 7) is 4.69. The van der Waals surface area contributed by atoms with Crippen LogP contribution in [-0.2, 0) is 4.74 Å². The minimum atomic E-state index is -4.28. The Morgan fingerprint density at radius 3 is 2.42 bits per heavy atom. The third kappa shape index (κ3) is 10.7. The van der Waals surface area contributed by atoms with Gasteiger partial charge < -0.3 is 20.1 Å². The smallest absolute Gasteiger partial charge is 0.411 e. The first-order valence-corrected chi connectivity index (χ1v) is 10.5. The van der Waals surface area contributed by atoms with E-state index in [2.05, 4.69) is 32.4 Å². The van der Waals surface area contributed by atoms with Gasteiger partial charge in [0, 0.05) is 19.7 Å². The second kappa shape index (κ2) is 14.7. The average Bonchev–Trinajstić information content (AvgIpc) is 3.24. The van der Waals surface area contributed by atoms with Crippen molar-refractivity contribution < 1.29 is 22.6 Å². The van der Waals surface area contributed by atoms with Crippen LogP contribution in [-0.4, -0.2) is 70.1 Å². The topological polar surface area (TPSA) is 58.1 Å². The molecule has 1 atom stereocenters. The van der Waals surface area contributed by atoms with Gasteiger partial charge in [-0.2, -0.15) is 13.2 Å². The maximum absolute atomic E-state index is 12.1. The fourth-order valence-corrected chi connectivity index (χ4v) is 3.40. The van der Waals surface area contributed by atoms with E-state index in [-0.39, 0.29) is 36.6 Å². The highest BCUT2D eigenvalue weighted by Gasteiger charge is 2.27. The van der Waals surface area contributed by atoms with Crippen molar-refractivity contribution in [3.8, 4) is 5.75 Å². The molecule has 2 N–H and O–H groups in total. The van der Waals surface area contributed by atoms with Crippen LogP contribution in [0, 0.1) is 0 Å². The van der Waals surface area contributed by atoms with E-state index in [1.54, 1.807) is 7.11 Å². The van der Waals surface area contributed by atoms with Gasteiger partial charge in [0.2, 0.25) is 0 Å². The quantitative estimate of drug-likeness (QED) is 0.186. The summed E-state index contributed by atoms with van der Waals surface area (Å²) in [6.07, 6.45) is -1.44. The maximum atomic E-state index is 12.1. The summed E-state index contributed by atoms with van der Waals surface area (Å²) in [7, 11) is 1.65. The third-order valence-electron chi connectivity index (χ3n) is 4.87. The van der Waals surface area contributed by atoms with Gasteiger partial charge in [-0.15, -0.1) is 24.0 Å². The molecule has 1 heterocycles. The predicted molar refractivity (Wildman–Crippen MR) is 127 cm³/mol. The van der Waals surface area contributed by atoms with Gasteiger partial charge in [-0.3, -0.25) is 9.89 Å².